The largest absolute Gasteiger partial charge is 0.456 e. The fraction of sp³-hybridized carbons (Fsp3) is 0.368. The normalized spacial score (nSPS) is 18.7. The highest BCUT2D eigenvalue weighted by molar-refractivity contribution is 6.05. The van der Waals surface area contributed by atoms with Gasteiger partial charge in [-0.05, 0) is 104 Å². The third-order valence-corrected chi connectivity index (χ3v) is 9.01. The van der Waals surface area contributed by atoms with Crippen LogP contribution in [0.15, 0.2) is 89.9 Å². The van der Waals surface area contributed by atoms with E-state index in [0.29, 0.717) is 35.3 Å². The Kier molecular flexibility index (Phi) is 10.3. The molecule has 242 valence electrons. The van der Waals surface area contributed by atoms with E-state index in [1.165, 1.54) is 12.8 Å². The number of rotatable bonds is 8. The molecule has 5 nitrogen and oxygen atoms in total. The number of anilines is 2. The Hall–Kier alpha value is -4.33. The van der Waals surface area contributed by atoms with E-state index >= 15 is 0 Å². The number of amides is 2. The van der Waals surface area contributed by atoms with Crippen molar-refractivity contribution in [2.45, 2.75) is 78.3 Å². The van der Waals surface area contributed by atoms with Gasteiger partial charge in [-0.15, -0.1) is 0 Å². The van der Waals surface area contributed by atoms with Crippen molar-refractivity contribution in [2.24, 2.45) is 11.8 Å². The number of benzene rings is 3. The molecule has 0 bridgehead atoms. The lowest BCUT2D eigenvalue weighted by Gasteiger charge is -2.27. The number of hydrogen-bond donors (Lipinski definition) is 2. The number of para-hydroxylation sites is 1. The van der Waals surface area contributed by atoms with E-state index in [2.05, 4.69) is 17.6 Å². The molecule has 8 heteroatoms. The number of hydrogen-bond acceptors (Lipinski definition) is 3. The van der Waals surface area contributed by atoms with Crippen molar-refractivity contribution in [1.82, 2.24) is 0 Å². The van der Waals surface area contributed by atoms with Crippen molar-refractivity contribution in [2.75, 3.05) is 10.6 Å². The molecule has 0 spiro atoms. The summed E-state index contributed by atoms with van der Waals surface area (Å²) in [5, 5.41) is 5.59. The molecule has 1 heterocycles. The van der Waals surface area contributed by atoms with Gasteiger partial charge in [-0.1, -0.05) is 68.7 Å². The highest BCUT2D eigenvalue weighted by atomic mass is 19.4. The Balaban J connectivity index is 1.24. The van der Waals surface area contributed by atoms with Crippen LogP contribution in [0.25, 0.3) is 11.1 Å². The van der Waals surface area contributed by atoms with Crippen LogP contribution in [0.1, 0.15) is 79.8 Å². The lowest BCUT2D eigenvalue weighted by Crippen LogP contribution is -2.23. The van der Waals surface area contributed by atoms with E-state index in [4.69, 9.17) is 4.74 Å². The summed E-state index contributed by atoms with van der Waals surface area (Å²) in [4.78, 5) is 26.1. The first-order valence-electron chi connectivity index (χ1n) is 16.0. The molecule has 2 unspecified atom stereocenters. The van der Waals surface area contributed by atoms with E-state index in [0.717, 1.165) is 47.2 Å². The van der Waals surface area contributed by atoms with Crippen LogP contribution in [-0.4, -0.2) is 18.0 Å². The molecule has 5 rings (SSSR count). The van der Waals surface area contributed by atoms with Gasteiger partial charge < -0.3 is 15.4 Å². The molecule has 46 heavy (non-hydrogen) atoms. The highest BCUT2D eigenvalue weighted by Crippen LogP contribution is 2.38. The number of aryl methyl sites for hydroxylation is 2. The van der Waals surface area contributed by atoms with Gasteiger partial charge in [0.1, 0.15) is 5.76 Å². The highest BCUT2D eigenvalue weighted by Gasteiger charge is 2.40. The molecule has 2 N–H and O–H groups in total. The van der Waals surface area contributed by atoms with Gasteiger partial charge >= 0.3 is 6.18 Å². The third kappa shape index (κ3) is 8.27. The molecule has 0 radical (unpaired) electrons. The predicted molar refractivity (Wildman–Crippen MR) is 176 cm³/mol. The van der Waals surface area contributed by atoms with Crippen molar-refractivity contribution in [1.29, 1.82) is 0 Å². The summed E-state index contributed by atoms with van der Waals surface area (Å²) < 4.78 is 47.8. The number of nitrogens with one attached hydrogen (secondary N) is 2. The Bertz CT molecular complexity index is 1600. The van der Waals surface area contributed by atoms with Crippen LogP contribution in [0.3, 0.4) is 0 Å². The maximum Gasteiger partial charge on any atom is 0.416 e. The van der Waals surface area contributed by atoms with Gasteiger partial charge in [0.15, 0.2) is 5.76 Å². The van der Waals surface area contributed by atoms with Crippen LogP contribution in [0, 0.1) is 25.7 Å². The quantitative estimate of drug-likeness (QED) is 0.260. The lowest BCUT2D eigenvalue weighted by atomic mass is 9.80. The number of allylic oxidation sites excluding steroid dienone is 3. The maximum atomic E-state index is 14.0. The average Bonchev–Trinajstić information content (AvgIpc) is 3.26. The van der Waals surface area contributed by atoms with Gasteiger partial charge in [0.05, 0.1) is 5.57 Å². The first-order chi connectivity index (χ1) is 22.0. The van der Waals surface area contributed by atoms with Crippen molar-refractivity contribution in [3.05, 3.63) is 107 Å². The van der Waals surface area contributed by atoms with Gasteiger partial charge in [0.2, 0.25) is 0 Å². The van der Waals surface area contributed by atoms with Gasteiger partial charge in [0, 0.05) is 23.4 Å². The molecule has 2 amide bonds. The smallest absolute Gasteiger partial charge is 0.416 e. The molecule has 2 atom stereocenters. The van der Waals surface area contributed by atoms with Crippen LogP contribution in [0.5, 0.6) is 0 Å². The number of carbonyl (C=O) groups is 2. The molecule has 1 fully saturated rings. The van der Waals surface area contributed by atoms with E-state index in [9.17, 15) is 22.8 Å². The molecule has 3 aromatic rings. The van der Waals surface area contributed by atoms with E-state index in [-0.39, 0.29) is 18.7 Å². The minimum absolute atomic E-state index is 0.169. The predicted octanol–water partition coefficient (Wildman–Crippen LogP) is 10.3. The molecule has 0 saturated heterocycles. The van der Waals surface area contributed by atoms with Gasteiger partial charge in [-0.2, -0.15) is 13.2 Å². The van der Waals surface area contributed by atoms with Crippen molar-refractivity contribution in [3.63, 3.8) is 0 Å². The minimum Gasteiger partial charge on any atom is -0.456 e. The minimum atomic E-state index is -4.68. The summed E-state index contributed by atoms with van der Waals surface area (Å²) in [6.45, 7) is 6.13. The van der Waals surface area contributed by atoms with Crippen LogP contribution < -0.4 is 10.6 Å². The van der Waals surface area contributed by atoms with Crippen LogP contribution in [0.2, 0.25) is 0 Å². The molecular formula is C38H41F3N2O3. The standard InChI is InChI=1S/C38H41F3N2O3/c1-24-7-4-10-27(23-24)13-22-32-11-6-12-33(38(39,40)41)35(46-32)37(45)42-31-20-18-29(19-21-31)28-14-16-30(17-15-28)36(44)43-34-25(2)8-5-9-26(34)3/h5,8-9,11,14-21,24,27H,4,6-7,10,12-13,22-23H2,1-3H3,(H,42,45)(H,43,44). The average molecular weight is 631 g/mol. The Labute approximate surface area is 268 Å². The summed E-state index contributed by atoms with van der Waals surface area (Å²) in [5.41, 5.74) is 4.34. The van der Waals surface area contributed by atoms with Gasteiger partial charge in [-0.25, -0.2) is 0 Å². The number of halogens is 3. The first-order valence-corrected chi connectivity index (χ1v) is 16.0. The summed E-state index contributed by atoms with van der Waals surface area (Å²) in [6.07, 6.45) is 2.87. The third-order valence-electron chi connectivity index (χ3n) is 9.01. The Morgan fingerprint density at radius 2 is 1.52 bits per heavy atom. The van der Waals surface area contributed by atoms with Crippen molar-refractivity contribution < 1.29 is 27.5 Å². The van der Waals surface area contributed by atoms with Crippen molar-refractivity contribution >= 4 is 23.2 Å². The second-order valence-corrected chi connectivity index (χ2v) is 12.6. The summed E-state index contributed by atoms with van der Waals surface area (Å²) in [6, 6.07) is 19.8. The number of alkyl halides is 3. The Morgan fingerprint density at radius 1 is 0.870 bits per heavy atom. The second kappa shape index (κ2) is 14.4. The molecule has 0 aromatic heterocycles. The zero-order valence-corrected chi connectivity index (χ0v) is 26.6. The summed E-state index contributed by atoms with van der Waals surface area (Å²) in [7, 11) is 0. The van der Waals surface area contributed by atoms with Gasteiger partial charge in [0.25, 0.3) is 11.8 Å². The van der Waals surface area contributed by atoms with E-state index in [1.807, 2.05) is 44.2 Å². The van der Waals surface area contributed by atoms with Crippen LogP contribution in [-0.2, 0) is 9.53 Å². The molecule has 1 aliphatic carbocycles. The molecule has 2 aliphatic rings. The fourth-order valence-electron chi connectivity index (χ4n) is 6.45. The molecule has 1 saturated carbocycles. The second-order valence-electron chi connectivity index (χ2n) is 12.6. The molecular weight excluding hydrogens is 589 g/mol. The monoisotopic (exact) mass is 630 g/mol. The molecule has 3 aromatic carbocycles. The zero-order chi connectivity index (χ0) is 32.8. The molecule has 1 aliphatic heterocycles. The fourth-order valence-corrected chi connectivity index (χ4v) is 6.45. The summed E-state index contributed by atoms with van der Waals surface area (Å²) in [5.74, 6) is -0.187. The SMILES string of the molecule is Cc1cccc(C)c1NC(=O)c1ccc(-c2ccc(NC(=O)C3=C(C(F)(F)F)CCC=C(CCC4CCCC(C)C4)O3)cc2)cc1. The number of carbonyl (C=O) groups excluding carboxylic acids is 2. The van der Waals surface area contributed by atoms with E-state index < -0.39 is 23.4 Å². The lowest BCUT2D eigenvalue weighted by molar-refractivity contribution is -0.119. The topological polar surface area (TPSA) is 67.4 Å². The zero-order valence-electron chi connectivity index (χ0n) is 26.6. The maximum absolute atomic E-state index is 14.0. The summed E-state index contributed by atoms with van der Waals surface area (Å²) >= 11 is 0. The Morgan fingerprint density at radius 3 is 2.15 bits per heavy atom. The van der Waals surface area contributed by atoms with Gasteiger partial charge in [-0.3, -0.25) is 9.59 Å². The van der Waals surface area contributed by atoms with Crippen LogP contribution in [0.4, 0.5) is 24.5 Å². The number of ether oxygens (including phenoxy) is 1. The van der Waals surface area contributed by atoms with Crippen molar-refractivity contribution in [3.8, 4) is 11.1 Å². The first kappa shape index (κ1) is 33.0. The van der Waals surface area contributed by atoms with E-state index in [1.54, 1.807) is 42.5 Å². The van der Waals surface area contributed by atoms with Crippen LogP contribution >= 0.6 is 0 Å².